The molecule has 0 aliphatic heterocycles. The summed E-state index contributed by atoms with van der Waals surface area (Å²) < 4.78 is 12.2. The zero-order chi connectivity index (χ0) is 6.85. The largest absolute Gasteiger partial charge is 2.00 e. The van der Waals surface area contributed by atoms with Crippen molar-refractivity contribution in [2.75, 3.05) is 5.73 Å². The molecule has 0 atom stereocenters. The zero-order valence-corrected chi connectivity index (χ0v) is 7.65. The van der Waals surface area contributed by atoms with Gasteiger partial charge in [-0.15, -0.1) is 12.6 Å². The van der Waals surface area contributed by atoms with Crippen molar-refractivity contribution in [3.63, 3.8) is 0 Å². The molecule has 0 saturated carbocycles. The van der Waals surface area contributed by atoms with Crippen LogP contribution in [0.5, 0.6) is 0 Å². The Morgan fingerprint density at radius 2 is 2.10 bits per heavy atom. The van der Waals surface area contributed by atoms with E-state index in [1.807, 2.05) is 0 Å². The summed E-state index contributed by atoms with van der Waals surface area (Å²) in [5.41, 5.74) is 5.85. The van der Waals surface area contributed by atoms with Crippen molar-refractivity contribution in [1.29, 1.82) is 0 Å². The van der Waals surface area contributed by atoms with Crippen molar-refractivity contribution in [2.45, 2.75) is 4.90 Å². The van der Waals surface area contributed by atoms with Gasteiger partial charge < -0.3 is 8.59 Å². The van der Waals surface area contributed by atoms with E-state index < -0.39 is 0 Å². The molecule has 0 spiro atoms. The van der Waals surface area contributed by atoms with Crippen LogP contribution in [0.1, 0.15) is 2.85 Å². The molecule has 4 heteroatoms. The molecule has 2 N–H and O–H groups in total. The average molecular weight is 170 g/mol. The van der Waals surface area contributed by atoms with Gasteiger partial charge in [0.1, 0.15) is 5.82 Å². The fourth-order valence-electron chi connectivity index (χ4n) is 0.517. The van der Waals surface area contributed by atoms with E-state index in [1.54, 1.807) is 0 Å². The van der Waals surface area contributed by atoms with Crippen LogP contribution in [0.15, 0.2) is 23.1 Å². The van der Waals surface area contributed by atoms with Crippen LogP contribution < -0.4 is 5.73 Å². The Kier molecular flexibility index (Phi) is 4.08. The molecule has 0 saturated heterocycles. The van der Waals surface area contributed by atoms with Crippen molar-refractivity contribution in [2.24, 2.45) is 0 Å². The van der Waals surface area contributed by atoms with E-state index in [1.165, 1.54) is 18.2 Å². The van der Waals surface area contributed by atoms with Gasteiger partial charge in [0.25, 0.3) is 0 Å². The molecule has 1 aromatic rings. The Morgan fingerprint density at radius 3 is 2.50 bits per heavy atom. The Morgan fingerprint density at radius 1 is 1.50 bits per heavy atom. The summed E-state index contributed by atoms with van der Waals surface area (Å²) in [7, 11) is 0. The van der Waals surface area contributed by atoms with E-state index in [-0.39, 0.29) is 31.7 Å². The summed E-state index contributed by atoms with van der Waals surface area (Å²) in [6, 6.07) is 4.06. The fraction of sp³-hybridized carbons (Fsp3) is 0. The number of benzene rings is 1. The molecule has 0 aliphatic carbocycles. The molecule has 52 valence electrons. The molecular formula is C6H8FMgNS. The number of halogens is 1. The van der Waals surface area contributed by atoms with Gasteiger partial charge in [0, 0.05) is 10.6 Å². The number of nitrogen functional groups attached to an aromatic ring is 1. The van der Waals surface area contributed by atoms with Crippen molar-refractivity contribution in [3.05, 3.63) is 24.0 Å². The van der Waals surface area contributed by atoms with E-state index in [4.69, 9.17) is 5.73 Å². The molecule has 0 heterocycles. The summed E-state index contributed by atoms with van der Waals surface area (Å²) >= 11 is 3.90. The first-order chi connectivity index (χ1) is 4.20. The summed E-state index contributed by atoms with van der Waals surface area (Å²) in [5, 5.41) is 0. The maximum atomic E-state index is 12.2. The first kappa shape index (κ1) is 10.1. The van der Waals surface area contributed by atoms with Crippen LogP contribution >= 0.6 is 12.6 Å². The Hall–Kier alpha value is 0.0662. The van der Waals surface area contributed by atoms with Crippen LogP contribution in [-0.4, -0.2) is 23.1 Å². The number of nitrogens with two attached hydrogens (primary N) is 1. The topological polar surface area (TPSA) is 26.0 Å². The Balaban J connectivity index is -0.000000270. The van der Waals surface area contributed by atoms with Gasteiger partial charge in [-0.25, -0.2) is 4.39 Å². The third-order valence-corrected chi connectivity index (χ3v) is 1.38. The standard InChI is InChI=1S/C6H6FNS.Mg.2H/c7-4-1-2-5(8)6(9)3-4;;;/h1-3,9H,8H2;;;/q;+2;2*-1. The van der Waals surface area contributed by atoms with E-state index in [2.05, 4.69) is 12.6 Å². The van der Waals surface area contributed by atoms with E-state index >= 15 is 0 Å². The number of hydrogen-bond acceptors (Lipinski definition) is 2. The van der Waals surface area contributed by atoms with Gasteiger partial charge >= 0.3 is 23.1 Å². The Bertz CT molecular complexity index is 237. The molecule has 0 aliphatic rings. The molecule has 0 bridgehead atoms. The van der Waals surface area contributed by atoms with Crippen molar-refractivity contribution in [3.8, 4) is 0 Å². The molecule has 10 heavy (non-hydrogen) atoms. The first-order valence-electron chi connectivity index (χ1n) is 2.44. The summed E-state index contributed by atoms with van der Waals surface area (Å²) in [6.45, 7) is 0. The first-order valence-corrected chi connectivity index (χ1v) is 2.89. The van der Waals surface area contributed by atoms with Gasteiger partial charge in [0.15, 0.2) is 0 Å². The smallest absolute Gasteiger partial charge is 1.00 e. The molecule has 0 amide bonds. The summed E-state index contributed by atoms with van der Waals surface area (Å²) in [4.78, 5) is 0.481. The average Bonchev–Trinajstić information content (AvgIpc) is 1.80. The third kappa shape index (κ3) is 2.36. The van der Waals surface area contributed by atoms with Crippen LogP contribution in [-0.2, 0) is 0 Å². The van der Waals surface area contributed by atoms with Crippen LogP contribution in [0.4, 0.5) is 10.1 Å². The molecule has 1 aromatic carbocycles. The molecule has 0 unspecified atom stereocenters. The molecule has 0 radical (unpaired) electrons. The van der Waals surface area contributed by atoms with Crippen molar-refractivity contribution >= 4 is 41.4 Å². The number of anilines is 1. The normalized spacial score (nSPS) is 8.60. The summed E-state index contributed by atoms with van der Waals surface area (Å²) in [6.07, 6.45) is 0. The second-order valence-electron chi connectivity index (χ2n) is 1.70. The molecule has 0 fully saturated rings. The maximum Gasteiger partial charge on any atom is 2.00 e. The minimum Gasteiger partial charge on any atom is -1.00 e. The predicted molar refractivity (Wildman–Crippen MR) is 46.0 cm³/mol. The SMILES string of the molecule is Nc1ccc(F)cc1S.[H-].[H-].[Mg+2]. The van der Waals surface area contributed by atoms with Crippen LogP contribution in [0.3, 0.4) is 0 Å². The Labute approximate surface area is 83.3 Å². The van der Waals surface area contributed by atoms with Gasteiger partial charge in [-0.3, -0.25) is 0 Å². The molecular weight excluding hydrogens is 161 g/mol. The zero-order valence-electron chi connectivity index (χ0n) is 7.34. The van der Waals surface area contributed by atoms with Gasteiger partial charge in [0.2, 0.25) is 0 Å². The second-order valence-corrected chi connectivity index (χ2v) is 2.18. The number of hydrogen-bond donors (Lipinski definition) is 2. The van der Waals surface area contributed by atoms with Crippen LogP contribution in [0.25, 0.3) is 0 Å². The van der Waals surface area contributed by atoms with Gasteiger partial charge in [-0.2, -0.15) is 0 Å². The predicted octanol–water partition coefficient (Wildman–Crippen LogP) is 1.54. The monoisotopic (exact) mass is 169 g/mol. The van der Waals surface area contributed by atoms with E-state index in [9.17, 15) is 4.39 Å². The molecule has 1 nitrogen and oxygen atoms in total. The van der Waals surface area contributed by atoms with E-state index in [0.717, 1.165) is 0 Å². The quantitative estimate of drug-likeness (QED) is 0.344. The molecule has 1 rings (SSSR count). The van der Waals surface area contributed by atoms with Crippen molar-refractivity contribution in [1.82, 2.24) is 0 Å². The van der Waals surface area contributed by atoms with Gasteiger partial charge in [-0.1, -0.05) is 0 Å². The minimum atomic E-state index is -0.311. The van der Waals surface area contributed by atoms with Crippen LogP contribution in [0.2, 0.25) is 0 Å². The third-order valence-electron chi connectivity index (χ3n) is 0.992. The van der Waals surface area contributed by atoms with Gasteiger partial charge in [-0.05, 0) is 18.2 Å². The fourth-order valence-corrected chi connectivity index (χ4v) is 0.715. The van der Waals surface area contributed by atoms with Crippen molar-refractivity contribution < 1.29 is 7.24 Å². The number of thiol groups is 1. The number of rotatable bonds is 0. The summed E-state index contributed by atoms with van der Waals surface area (Å²) in [5.74, 6) is -0.311. The van der Waals surface area contributed by atoms with Gasteiger partial charge in [0.05, 0.1) is 0 Å². The minimum absolute atomic E-state index is 0. The van der Waals surface area contributed by atoms with Crippen LogP contribution in [0, 0.1) is 5.82 Å². The molecule has 0 aromatic heterocycles. The van der Waals surface area contributed by atoms with E-state index in [0.29, 0.717) is 10.6 Å². The second kappa shape index (κ2) is 4.05. The maximum absolute atomic E-state index is 12.2.